The molecule has 0 aliphatic carbocycles. The molecule has 0 spiro atoms. The molecule has 0 fully saturated rings. The van der Waals surface area contributed by atoms with Crippen LogP contribution in [0.4, 0.5) is 5.95 Å². The average Bonchev–Trinajstić information content (AvgIpc) is 2.32. The van der Waals surface area contributed by atoms with Gasteiger partial charge in [0.25, 0.3) is 0 Å². The number of hydrogen-bond donors (Lipinski definition) is 1. The van der Waals surface area contributed by atoms with Gasteiger partial charge in [0, 0.05) is 13.0 Å². The molecule has 0 aromatic carbocycles. The van der Waals surface area contributed by atoms with E-state index in [0.29, 0.717) is 18.9 Å². The number of aromatic nitrogens is 3. The molecule has 1 aromatic heterocycles. The molecule has 0 saturated carbocycles. The Kier molecular flexibility index (Phi) is 1.18. The van der Waals surface area contributed by atoms with Gasteiger partial charge in [-0.15, -0.1) is 10.2 Å². The van der Waals surface area contributed by atoms with Crippen molar-refractivity contribution in [2.45, 2.75) is 19.9 Å². The normalized spacial score (nSPS) is 15.9. The van der Waals surface area contributed by atoms with Crippen LogP contribution in [-0.4, -0.2) is 20.7 Å². The van der Waals surface area contributed by atoms with Gasteiger partial charge in [0.2, 0.25) is 11.9 Å². The zero-order chi connectivity index (χ0) is 7.84. The second kappa shape index (κ2) is 2.05. The number of amides is 1. The molecule has 0 saturated heterocycles. The molecule has 0 bridgehead atoms. The molecule has 0 unspecified atom stereocenters. The van der Waals surface area contributed by atoms with Crippen LogP contribution >= 0.6 is 0 Å². The minimum Gasteiger partial charge on any atom is -0.297 e. The van der Waals surface area contributed by atoms with Crippen LogP contribution in [0.25, 0.3) is 0 Å². The number of carbonyl (C=O) groups excluding carboxylic acids is 1. The van der Waals surface area contributed by atoms with Crippen molar-refractivity contribution in [3.8, 4) is 0 Å². The van der Waals surface area contributed by atoms with E-state index < -0.39 is 0 Å². The van der Waals surface area contributed by atoms with E-state index in [4.69, 9.17) is 0 Å². The third-order valence-electron chi connectivity index (χ3n) is 1.75. The minimum absolute atomic E-state index is 0.0184. The van der Waals surface area contributed by atoms with Crippen LogP contribution < -0.4 is 5.32 Å². The number of anilines is 1. The smallest absolute Gasteiger partial charge is 0.231 e. The minimum atomic E-state index is 0.0184. The summed E-state index contributed by atoms with van der Waals surface area (Å²) >= 11 is 0. The Bertz CT molecular complexity index is 304. The zero-order valence-electron chi connectivity index (χ0n) is 6.16. The van der Waals surface area contributed by atoms with Crippen LogP contribution in [0.1, 0.15) is 12.2 Å². The maximum absolute atomic E-state index is 10.8. The highest BCUT2D eigenvalue weighted by Crippen LogP contribution is 2.12. The van der Waals surface area contributed by atoms with Crippen molar-refractivity contribution in [3.05, 3.63) is 5.82 Å². The van der Waals surface area contributed by atoms with Crippen LogP contribution in [0, 0.1) is 6.92 Å². The Morgan fingerprint density at radius 1 is 1.55 bits per heavy atom. The van der Waals surface area contributed by atoms with Crippen LogP contribution in [0.3, 0.4) is 0 Å². The Morgan fingerprint density at radius 3 is 3.18 bits per heavy atom. The third kappa shape index (κ3) is 0.886. The predicted molar refractivity (Wildman–Crippen MR) is 38.0 cm³/mol. The van der Waals surface area contributed by atoms with Crippen LogP contribution in [0.5, 0.6) is 0 Å². The van der Waals surface area contributed by atoms with Crippen molar-refractivity contribution < 1.29 is 4.79 Å². The number of rotatable bonds is 0. The van der Waals surface area contributed by atoms with Gasteiger partial charge in [-0.3, -0.25) is 14.7 Å². The van der Waals surface area contributed by atoms with Gasteiger partial charge in [0.15, 0.2) is 0 Å². The van der Waals surface area contributed by atoms with Crippen molar-refractivity contribution in [2.24, 2.45) is 0 Å². The van der Waals surface area contributed by atoms with Gasteiger partial charge in [-0.1, -0.05) is 0 Å². The Balaban J connectivity index is 2.44. The quantitative estimate of drug-likeness (QED) is 0.566. The molecule has 5 heteroatoms. The SMILES string of the molecule is Cc1nnc2n1CCC(=O)N2. The second-order valence-electron chi connectivity index (χ2n) is 2.52. The molecular formula is C6H8N4O. The van der Waals surface area contributed by atoms with Gasteiger partial charge >= 0.3 is 0 Å². The lowest BCUT2D eigenvalue weighted by Gasteiger charge is -2.13. The van der Waals surface area contributed by atoms with Gasteiger partial charge in [-0.25, -0.2) is 0 Å². The molecule has 0 atom stereocenters. The van der Waals surface area contributed by atoms with Crippen LogP contribution in [0.2, 0.25) is 0 Å². The lowest BCUT2D eigenvalue weighted by atomic mass is 10.3. The van der Waals surface area contributed by atoms with Crippen molar-refractivity contribution in [1.82, 2.24) is 14.8 Å². The number of aryl methyl sites for hydroxylation is 1. The number of nitrogens with one attached hydrogen (secondary N) is 1. The molecule has 1 aliphatic heterocycles. The molecule has 1 aromatic rings. The molecular weight excluding hydrogens is 144 g/mol. The maximum Gasteiger partial charge on any atom is 0.231 e. The summed E-state index contributed by atoms with van der Waals surface area (Å²) in [6, 6.07) is 0. The van der Waals surface area contributed by atoms with E-state index in [-0.39, 0.29) is 5.91 Å². The van der Waals surface area contributed by atoms with E-state index in [0.717, 1.165) is 5.82 Å². The first-order valence-electron chi connectivity index (χ1n) is 3.47. The summed E-state index contributed by atoms with van der Waals surface area (Å²) in [7, 11) is 0. The molecule has 1 N–H and O–H groups in total. The Labute approximate surface area is 63.4 Å². The summed E-state index contributed by atoms with van der Waals surface area (Å²) in [5, 5.41) is 10.2. The van der Waals surface area contributed by atoms with Crippen LogP contribution in [-0.2, 0) is 11.3 Å². The molecule has 1 amide bonds. The average molecular weight is 152 g/mol. The number of hydrogen-bond acceptors (Lipinski definition) is 3. The van der Waals surface area contributed by atoms with E-state index in [1.54, 1.807) is 0 Å². The van der Waals surface area contributed by atoms with E-state index in [1.165, 1.54) is 0 Å². The lowest BCUT2D eigenvalue weighted by molar-refractivity contribution is -0.116. The van der Waals surface area contributed by atoms with Crippen molar-refractivity contribution in [1.29, 1.82) is 0 Å². The summed E-state index contributed by atoms with van der Waals surface area (Å²) < 4.78 is 1.89. The summed E-state index contributed by atoms with van der Waals surface area (Å²) in [6.45, 7) is 2.56. The Hall–Kier alpha value is -1.39. The van der Waals surface area contributed by atoms with Crippen LogP contribution in [0.15, 0.2) is 0 Å². The summed E-state index contributed by atoms with van der Waals surface area (Å²) in [6.07, 6.45) is 0.520. The Morgan fingerprint density at radius 2 is 2.36 bits per heavy atom. The lowest BCUT2D eigenvalue weighted by Crippen LogP contribution is -2.23. The first-order valence-corrected chi connectivity index (χ1v) is 3.47. The van der Waals surface area contributed by atoms with Crippen molar-refractivity contribution in [2.75, 3.05) is 5.32 Å². The maximum atomic E-state index is 10.8. The fourth-order valence-corrected chi connectivity index (χ4v) is 1.14. The predicted octanol–water partition coefficient (Wildman–Crippen LogP) is -0.0713. The fraction of sp³-hybridized carbons (Fsp3) is 0.500. The highest BCUT2D eigenvalue weighted by molar-refractivity contribution is 5.90. The van der Waals surface area contributed by atoms with Gasteiger partial charge in [-0.05, 0) is 6.92 Å². The van der Waals surface area contributed by atoms with E-state index in [9.17, 15) is 4.79 Å². The monoisotopic (exact) mass is 152 g/mol. The summed E-state index contributed by atoms with van der Waals surface area (Å²) in [5.74, 6) is 1.43. The standard InChI is InChI=1S/C6H8N4O/c1-4-8-9-6-7-5(11)2-3-10(4)6/h2-3H2,1H3,(H,7,9,11). The fourth-order valence-electron chi connectivity index (χ4n) is 1.14. The first-order chi connectivity index (χ1) is 5.27. The number of carbonyl (C=O) groups is 1. The second-order valence-corrected chi connectivity index (χ2v) is 2.52. The van der Waals surface area contributed by atoms with Gasteiger partial charge in [-0.2, -0.15) is 0 Å². The summed E-state index contributed by atoms with van der Waals surface area (Å²) in [4.78, 5) is 10.8. The number of fused-ring (bicyclic) bond motifs is 1. The van der Waals surface area contributed by atoms with E-state index in [2.05, 4.69) is 15.5 Å². The number of nitrogens with zero attached hydrogens (tertiary/aromatic N) is 3. The van der Waals surface area contributed by atoms with Gasteiger partial charge in [0.05, 0.1) is 0 Å². The van der Waals surface area contributed by atoms with E-state index >= 15 is 0 Å². The molecule has 0 radical (unpaired) electrons. The summed E-state index contributed by atoms with van der Waals surface area (Å²) in [5.41, 5.74) is 0. The van der Waals surface area contributed by atoms with Gasteiger partial charge in [0.1, 0.15) is 5.82 Å². The van der Waals surface area contributed by atoms with Gasteiger partial charge < -0.3 is 0 Å². The molecule has 58 valence electrons. The molecule has 1 aliphatic rings. The zero-order valence-corrected chi connectivity index (χ0v) is 6.16. The molecule has 2 heterocycles. The largest absolute Gasteiger partial charge is 0.297 e. The van der Waals surface area contributed by atoms with Crippen molar-refractivity contribution >= 4 is 11.9 Å². The third-order valence-corrected chi connectivity index (χ3v) is 1.75. The topological polar surface area (TPSA) is 59.8 Å². The van der Waals surface area contributed by atoms with E-state index in [1.807, 2.05) is 11.5 Å². The molecule has 5 nitrogen and oxygen atoms in total. The highest BCUT2D eigenvalue weighted by atomic mass is 16.1. The molecule has 2 rings (SSSR count). The first kappa shape index (κ1) is 6.33. The molecule has 11 heavy (non-hydrogen) atoms. The van der Waals surface area contributed by atoms with Crippen molar-refractivity contribution in [3.63, 3.8) is 0 Å². The highest BCUT2D eigenvalue weighted by Gasteiger charge is 2.17.